The number of ether oxygens (including phenoxy) is 2. The average Bonchev–Trinajstić information content (AvgIpc) is 2.88. The number of amides is 1. The zero-order chi connectivity index (χ0) is 16.8. The van der Waals surface area contributed by atoms with Crippen molar-refractivity contribution >= 4 is 12.1 Å². The molecular formula is C17H29NO4. The van der Waals surface area contributed by atoms with Gasteiger partial charge in [-0.05, 0) is 65.2 Å². The maximum absolute atomic E-state index is 12.5. The fourth-order valence-corrected chi connectivity index (χ4v) is 4.13. The fourth-order valence-electron chi connectivity index (χ4n) is 4.13. The van der Waals surface area contributed by atoms with Crippen LogP contribution in [0.5, 0.6) is 0 Å². The molecule has 0 bridgehead atoms. The molecule has 0 saturated heterocycles. The molecule has 2 saturated carbocycles. The van der Waals surface area contributed by atoms with E-state index < -0.39 is 17.1 Å². The van der Waals surface area contributed by atoms with E-state index in [2.05, 4.69) is 12.2 Å². The Labute approximate surface area is 133 Å². The molecule has 0 aromatic heterocycles. The van der Waals surface area contributed by atoms with Crippen LogP contribution in [0.1, 0.15) is 60.8 Å². The molecule has 22 heavy (non-hydrogen) atoms. The lowest BCUT2D eigenvalue weighted by Gasteiger charge is -2.29. The lowest BCUT2D eigenvalue weighted by Crippen LogP contribution is -2.39. The van der Waals surface area contributed by atoms with Crippen LogP contribution >= 0.6 is 0 Å². The summed E-state index contributed by atoms with van der Waals surface area (Å²) in [4.78, 5) is 24.4. The van der Waals surface area contributed by atoms with Crippen molar-refractivity contribution in [2.45, 2.75) is 72.4 Å². The first kappa shape index (κ1) is 17.1. The summed E-state index contributed by atoms with van der Waals surface area (Å²) in [5.41, 5.74) is -1.06. The van der Waals surface area contributed by atoms with Crippen LogP contribution in [0.2, 0.25) is 0 Å². The average molecular weight is 311 g/mol. The third-order valence-electron chi connectivity index (χ3n) is 5.26. The van der Waals surface area contributed by atoms with Crippen LogP contribution in [-0.2, 0) is 14.3 Å². The van der Waals surface area contributed by atoms with Crippen LogP contribution in [0.25, 0.3) is 0 Å². The summed E-state index contributed by atoms with van der Waals surface area (Å²) >= 11 is 0. The van der Waals surface area contributed by atoms with Crippen molar-refractivity contribution in [2.24, 2.45) is 16.7 Å². The first-order valence-corrected chi connectivity index (χ1v) is 8.21. The number of carbonyl (C=O) groups excluding carboxylic acids is 2. The van der Waals surface area contributed by atoms with E-state index in [4.69, 9.17) is 9.47 Å². The molecule has 2 fully saturated rings. The van der Waals surface area contributed by atoms with Gasteiger partial charge in [-0.3, -0.25) is 4.79 Å². The maximum atomic E-state index is 12.5. The Morgan fingerprint density at radius 3 is 2.27 bits per heavy atom. The third-order valence-corrected chi connectivity index (χ3v) is 5.26. The Morgan fingerprint density at radius 1 is 1.23 bits per heavy atom. The Kier molecular flexibility index (Phi) is 4.22. The monoisotopic (exact) mass is 311 g/mol. The Bertz CT molecular complexity index is 470. The second kappa shape index (κ2) is 5.43. The maximum Gasteiger partial charge on any atom is 0.407 e. The molecule has 0 aromatic carbocycles. The van der Waals surface area contributed by atoms with Gasteiger partial charge in [0.25, 0.3) is 0 Å². The lowest BCUT2D eigenvalue weighted by atomic mass is 9.75. The van der Waals surface area contributed by atoms with Crippen LogP contribution < -0.4 is 5.32 Å². The van der Waals surface area contributed by atoms with Gasteiger partial charge in [0.2, 0.25) is 0 Å². The first-order chi connectivity index (χ1) is 10.0. The number of hydrogen-bond acceptors (Lipinski definition) is 4. The van der Waals surface area contributed by atoms with Crippen LogP contribution in [0.3, 0.4) is 0 Å². The number of hydrogen-bond donors (Lipinski definition) is 1. The standard InChI is InChI=1S/C17H29NO4/c1-7-21-13(19)16(6)9-12(10-17(16)8-11(17)2)18-14(20)22-15(3,4)5/h11-12H,7-10H2,1-6H3,(H,18,20)/t11?,12-,16+,17?/m0/s1. The molecule has 1 N–H and O–H groups in total. The number of rotatable bonds is 3. The van der Waals surface area contributed by atoms with Gasteiger partial charge in [0.15, 0.2) is 0 Å². The normalized spacial score (nSPS) is 37.0. The molecule has 4 atom stereocenters. The molecule has 0 heterocycles. The van der Waals surface area contributed by atoms with E-state index in [1.165, 1.54) is 0 Å². The first-order valence-electron chi connectivity index (χ1n) is 8.21. The smallest absolute Gasteiger partial charge is 0.407 e. The number of nitrogens with one attached hydrogen (secondary N) is 1. The van der Waals surface area contributed by atoms with E-state index in [9.17, 15) is 9.59 Å². The molecule has 2 unspecified atom stereocenters. The van der Waals surface area contributed by atoms with Gasteiger partial charge in [0.1, 0.15) is 5.60 Å². The highest BCUT2D eigenvalue weighted by Crippen LogP contribution is 2.71. The zero-order valence-corrected chi connectivity index (χ0v) is 14.6. The molecule has 2 aliphatic rings. The summed E-state index contributed by atoms with van der Waals surface area (Å²) in [5, 5.41) is 2.93. The van der Waals surface area contributed by atoms with E-state index in [0.29, 0.717) is 18.9 Å². The van der Waals surface area contributed by atoms with Gasteiger partial charge in [-0.2, -0.15) is 0 Å². The largest absolute Gasteiger partial charge is 0.466 e. The SMILES string of the molecule is CCOC(=O)[C@@]1(C)C[C@H](NC(=O)OC(C)(C)C)CC12CC2C. The van der Waals surface area contributed by atoms with Gasteiger partial charge < -0.3 is 14.8 Å². The van der Waals surface area contributed by atoms with Crippen molar-refractivity contribution in [3.8, 4) is 0 Å². The molecule has 0 aliphatic heterocycles. The third kappa shape index (κ3) is 2.95. The van der Waals surface area contributed by atoms with Crippen molar-refractivity contribution in [1.82, 2.24) is 5.32 Å². The summed E-state index contributed by atoms with van der Waals surface area (Å²) in [6, 6.07) is -0.0331. The zero-order valence-electron chi connectivity index (χ0n) is 14.6. The summed E-state index contributed by atoms with van der Waals surface area (Å²) in [6.45, 7) is 11.9. The fraction of sp³-hybridized carbons (Fsp3) is 0.882. The van der Waals surface area contributed by atoms with E-state index in [0.717, 1.165) is 12.8 Å². The van der Waals surface area contributed by atoms with Gasteiger partial charge in [-0.1, -0.05) is 6.92 Å². The highest BCUT2D eigenvalue weighted by atomic mass is 16.6. The Balaban J connectivity index is 2.06. The molecule has 0 aromatic rings. The Morgan fingerprint density at radius 2 is 1.82 bits per heavy atom. The lowest BCUT2D eigenvalue weighted by molar-refractivity contribution is -0.158. The quantitative estimate of drug-likeness (QED) is 0.812. The minimum Gasteiger partial charge on any atom is -0.466 e. The summed E-state index contributed by atoms with van der Waals surface area (Å²) in [7, 11) is 0. The molecule has 126 valence electrons. The highest BCUT2D eigenvalue weighted by molar-refractivity contribution is 5.79. The van der Waals surface area contributed by atoms with Gasteiger partial charge in [0, 0.05) is 6.04 Å². The molecule has 1 amide bonds. The van der Waals surface area contributed by atoms with Crippen molar-refractivity contribution in [3.05, 3.63) is 0 Å². The minimum absolute atomic E-state index is 0.0288. The van der Waals surface area contributed by atoms with E-state index in [1.807, 2.05) is 34.6 Å². The summed E-state index contributed by atoms with van der Waals surface area (Å²) < 4.78 is 10.6. The van der Waals surface area contributed by atoms with E-state index in [1.54, 1.807) is 0 Å². The van der Waals surface area contributed by atoms with Crippen LogP contribution in [0, 0.1) is 16.7 Å². The van der Waals surface area contributed by atoms with Gasteiger partial charge in [-0.25, -0.2) is 4.79 Å². The summed E-state index contributed by atoms with van der Waals surface area (Å²) in [5.74, 6) is 0.361. The molecule has 5 heteroatoms. The number of carbonyl (C=O) groups is 2. The van der Waals surface area contributed by atoms with Gasteiger partial charge in [0.05, 0.1) is 12.0 Å². The number of esters is 1. The van der Waals surface area contributed by atoms with Crippen molar-refractivity contribution in [2.75, 3.05) is 6.61 Å². The molecule has 2 aliphatic carbocycles. The Hall–Kier alpha value is -1.26. The number of alkyl carbamates (subject to hydrolysis) is 1. The highest BCUT2D eigenvalue weighted by Gasteiger charge is 2.70. The molecule has 5 nitrogen and oxygen atoms in total. The van der Waals surface area contributed by atoms with E-state index >= 15 is 0 Å². The predicted molar refractivity (Wildman–Crippen MR) is 83.3 cm³/mol. The topological polar surface area (TPSA) is 64.6 Å². The van der Waals surface area contributed by atoms with Crippen molar-refractivity contribution in [1.29, 1.82) is 0 Å². The van der Waals surface area contributed by atoms with Crippen molar-refractivity contribution in [3.63, 3.8) is 0 Å². The summed E-state index contributed by atoms with van der Waals surface area (Å²) in [6.07, 6.45) is 2.06. The molecular weight excluding hydrogens is 282 g/mol. The van der Waals surface area contributed by atoms with Crippen LogP contribution in [0.15, 0.2) is 0 Å². The van der Waals surface area contributed by atoms with Gasteiger partial charge in [-0.15, -0.1) is 0 Å². The second-order valence-electron chi connectivity index (χ2n) is 8.07. The second-order valence-corrected chi connectivity index (χ2v) is 8.07. The van der Waals surface area contributed by atoms with E-state index in [-0.39, 0.29) is 17.4 Å². The molecule has 0 radical (unpaired) electrons. The van der Waals surface area contributed by atoms with Crippen LogP contribution in [-0.4, -0.2) is 30.3 Å². The predicted octanol–water partition coefficient (Wildman–Crippen LogP) is 3.27. The van der Waals surface area contributed by atoms with Gasteiger partial charge >= 0.3 is 12.1 Å². The molecule has 1 spiro atoms. The van der Waals surface area contributed by atoms with Crippen LogP contribution in [0.4, 0.5) is 4.79 Å². The minimum atomic E-state index is -0.516. The van der Waals surface area contributed by atoms with Crippen molar-refractivity contribution < 1.29 is 19.1 Å². The molecule has 2 rings (SSSR count).